The van der Waals surface area contributed by atoms with Gasteiger partial charge in [-0.3, -0.25) is 0 Å². The summed E-state index contributed by atoms with van der Waals surface area (Å²) in [5, 5.41) is 15.4. The summed E-state index contributed by atoms with van der Waals surface area (Å²) in [6, 6.07) is 13.8. The minimum Gasteiger partial charge on any atom is -0.452 e. The number of rotatable bonds is 5. The molecule has 0 bridgehead atoms. The van der Waals surface area contributed by atoms with Crippen molar-refractivity contribution >= 4 is 17.6 Å². The Labute approximate surface area is 157 Å². The van der Waals surface area contributed by atoms with E-state index in [4.69, 9.17) is 20.9 Å². The maximum Gasteiger partial charge on any atom is 0.340 e. The van der Waals surface area contributed by atoms with Gasteiger partial charge in [0.05, 0.1) is 11.3 Å². The quantitative estimate of drug-likeness (QED) is 0.484. The van der Waals surface area contributed by atoms with Gasteiger partial charge in [0.1, 0.15) is 6.33 Å². The van der Waals surface area contributed by atoms with E-state index in [-0.39, 0.29) is 12.5 Å². The molecule has 0 aliphatic heterocycles. The molecule has 0 fully saturated rings. The van der Waals surface area contributed by atoms with Gasteiger partial charge in [-0.2, -0.15) is 9.67 Å². The van der Waals surface area contributed by atoms with Crippen molar-refractivity contribution in [2.24, 2.45) is 0 Å². The van der Waals surface area contributed by atoms with Crippen LogP contribution in [0, 0.1) is 0 Å². The molecule has 0 aliphatic rings. The molecule has 2 aromatic heterocycles. The summed E-state index contributed by atoms with van der Waals surface area (Å²) in [6.45, 7) is -0.170. The standard InChI is InChI=1S/C17H11ClN6O3/c18-12-5-3-4-11(8-12)16-20-15(27-21-16)9-26-17(25)13-6-1-2-7-14(13)24-10-19-22-23-24/h1-8,10H,9H2. The van der Waals surface area contributed by atoms with Crippen LogP contribution in [0.1, 0.15) is 16.2 Å². The Kier molecular flexibility index (Phi) is 4.58. The molecule has 134 valence electrons. The van der Waals surface area contributed by atoms with Gasteiger partial charge in [-0.25, -0.2) is 4.79 Å². The lowest BCUT2D eigenvalue weighted by molar-refractivity contribution is 0.0429. The molecule has 0 amide bonds. The molecule has 4 rings (SSSR count). The number of para-hydroxylation sites is 1. The molecule has 9 nitrogen and oxygen atoms in total. The molecule has 0 atom stereocenters. The van der Waals surface area contributed by atoms with Crippen molar-refractivity contribution in [2.45, 2.75) is 6.61 Å². The normalized spacial score (nSPS) is 10.7. The fraction of sp³-hybridized carbons (Fsp3) is 0.0588. The van der Waals surface area contributed by atoms with Gasteiger partial charge in [0.2, 0.25) is 5.82 Å². The van der Waals surface area contributed by atoms with Crippen molar-refractivity contribution in [3.8, 4) is 17.1 Å². The first-order chi connectivity index (χ1) is 13.2. The van der Waals surface area contributed by atoms with E-state index in [1.807, 2.05) is 0 Å². The molecule has 2 aromatic carbocycles. The summed E-state index contributed by atoms with van der Waals surface area (Å²) >= 11 is 5.96. The minimum absolute atomic E-state index is 0.165. The van der Waals surface area contributed by atoms with Crippen LogP contribution >= 0.6 is 11.6 Å². The number of carbonyl (C=O) groups excluding carboxylic acids is 1. The van der Waals surface area contributed by atoms with Gasteiger partial charge in [0.15, 0.2) is 6.61 Å². The fourth-order valence-corrected chi connectivity index (χ4v) is 2.57. The van der Waals surface area contributed by atoms with Crippen LogP contribution < -0.4 is 0 Å². The van der Waals surface area contributed by atoms with Crippen LogP contribution in [-0.4, -0.2) is 36.3 Å². The van der Waals surface area contributed by atoms with Crippen molar-refractivity contribution in [1.82, 2.24) is 30.3 Å². The van der Waals surface area contributed by atoms with Gasteiger partial charge in [0.25, 0.3) is 5.89 Å². The maximum absolute atomic E-state index is 12.4. The zero-order chi connectivity index (χ0) is 18.6. The third kappa shape index (κ3) is 3.67. The fourth-order valence-electron chi connectivity index (χ4n) is 2.38. The topological polar surface area (TPSA) is 109 Å². The van der Waals surface area contributed by atoms with Crippen LogP contribution in [0.15, 0.2) is 59.4 Å². The number of tetrazole rings is 1. The number of nitrogens with zero attached hydrogens (tertiary/aromatic N) is 6. The lowest BCUT2D eigenvalue weighted by Gasteiger charge is -2.07. The highest BCUT2D eigenvalue weighted by molar-refractivity contribution is 6.30. The summed E-state index contributed by atoms with van der Waals surface area (Å²) < 4.78 is 11.8. The van der Waals surface area contributed by atoms with Gasteiger partial charge in [-0.05, 0) is 34.7 Å². The van der Waals surface area contributed by atoms with E-state index in [0.717, 1.165) is 0 Å². The molecule has 0 saturated heterocycles. The first-order valence-electron chi connectivity index (χ1n) is 7.79. The number of hydrogen-bond donors (Lipinski definition) is 0. The zero-order valence-corrected chi connectivity index (χ0v) is 14.4. The Morgan fingerprint density at radius 3 is 2.89 bits per heavy atom. The van der Waals surface area contributed by atoms with Crippen LogP contribution in [0.2, 0.25) is 5.02 Å². The highest BCUT2D eigenvalue weighted by Crippen LogP contribution is 2.20. The Morgan fingerprint density at radius 2 is 2.07 bits per heavy atom. The third-order valence-corrected chi connectivity index (χ3v) is 3.83. The first-order valence-corrected chi connectivity index (χ1v) is 8.16. The van der Waals surface area contributed by atoms with Crippen molar-refractivity contribution in [1.29, 1.82) is 0 Å². The summed E-state index contributed by atoms with van der Waals surface area (Å²) in [7, 11) is 0. The molecule has 4 aromatic rings. The van der Waals surface area contributed by atoms with Crippen molar-refractivity contribution < 1.29 is 14.1 Å². The van der Waals surface area contributed by atoms with Crippen molar-refractivity contribution in [2.75, 3.05) is 0 Å². The van der Waals surface area contributed by atoms with Crippen LogP contribution in [-0.2, 0) is 11.3 Å². The second-order valence-corrected chi connectivity index (χ2v) is 5.81. The smallest absolute Gasteiger partial charge is 0.340 e. The molecular formula is C17H11ClN6O3. The van der Waals surface area contributed by atoms with E-state index in [1.165, 1.54) is 11.0 Å². The Hall–Kier alpha value is -3.59. The summed E-state index contributed by atoms with van der Waals surface area (Å²) in [5.41, 5.74) is 1.50. The highest BCUT2D eigenvalue weighted by Gasteiger charge is 2.17. The van der Waals surface area contributed by atoms with E-state index >= 15 is 0 Å². The lowest BCUT2D eigenvalue weighted by Crippen LogP contribution is -2.10. The summed E-state index contributed by atoms with van der Waals surface area (Å²) in [5.74, 6) is -0.0422. The van der Waals surface area contributed by atoms with E-state index < -0.39 is 5.97 Å². The molecule has 2 heterocycles. The summed E-state index contributed by atoms with van der Waals surface area (Å²) in [4.78, 5) is 16.7. The molecule has 0 saturated carbocycles. The maximum atomic E-state index is 12.4. The van der Waals surface area contributed by atoms with Gasteiger partial charge in [-0.1, -0.05) is 41.0 Å². The number of halogens is 1. The predicted octanol–water partition coefficient (Wildman–Crippen LogP) is 2.72. The Balaban J connectivity index is 1.48. The second kappa shape index (κ2) is 7.34. The average molecular weight is 383 g/mol. The van der Waals surface area contributed by atoms with Gasteiger partial charge in [-0.15, -0.1) is 5.10 Å². The number of ether oxygens (including phenoxy) is 1. The molecule has 0 unspecified atom stereocenters. The van der Waals surface area contributed by atoms with Gasteiger partial charge in [0, 0.05) is 10.6 Å². The Bertz CT molecular complexity index is 1080. The highest BCUT2D eigenvalue weighted by atomic mass is 35.5. The lowest BCUT2D eigenvalue weighted by atomic mass is 10.2. The zero-order valence-electron chi connectivity index (χ0n) is 13.7. The van der Waals surface area contributed by atoms with Crippen LogP contribution in [0.25, 0.3) is 17.1 Å². The van der Waals surface area contributed by atoms with E-state index in [0.29, 0.717) is 27.7 Å². The number of hydrogen-bond acceptors (Lipinski definition) is 8. The Morgan fingerprint density at radius 1 is 1.19 bits per heavy atom. The van der Waals surface area contributed by atoms with Crippen LogP contribution in [0.3, 0.4) is 0 Å². The van der Waals surface area contributed by atoms with Crippen LogP contribution in [0.5, 0.6) is 0 Å². The summed E-state index contributed by atoms with van der Waals surface area (Å²) in [6.07, 6.45) is 1.39. The van der Waals surface area contributed by atoms with Crippen molar-refractivity contribution in [3.63, 3.8) is 0 Å². The molecular weight excluding hydrogens is 372 g/mol. The molecule has 10 heteroatoms. The largest absolute Gasteiger partial charge is 0.452 e. The molecule has 27 heavy (non-hydrogen) atoms. The van der Waals surface area contributed by atoms with Crippen LogP contribution in [0.4, 0.5) is 0 Å². The van der Waals surface area contributed by atoms with E-state index in [9.17, 15) is 4.79 Å². The molecule has 0 aliphatic carbocycles. The molecule has 0 N–H and O–H groups in total. The SMILES string of the molecule is O=C(OCc1nc(-c2cccc(Cl)c2)no1)c1ccccc1-n1cnnn1. The first kappa shape index (κ1) is 16.9. The number of benzene rings is 2. The number of esters is 1. The molecule has 0 radical (unpaired) electrons. The average Bonchev–Trinajstić information content (AvgIpc) is 3.38. The van der Waals surface area contributed by atoms with Gasteiger partial charge < -0.3 is 9.26 Å². The van der Waals surface area contributed by atoms with Gasteiger partial charge >= 0.3 is 5.97 Å². The monoisotopic (exact) mass is 382 g/mol. The second-order valence-electron chi connectivity index (χ2n) is 5.37. The predicted molar refractivity (Wildman–Crippen MR) is 93.0 cm³/mol. The molecule has 0 spiro atoms. The minimum atomic E-state index is -0.566. The van der Waals surface area contributed by atoms with E-state index in [1.54, 1.807) is 48.5 Å². The van der Waals surface area contributed by atoms with E-state index in [2.05, 4.69) is 25.7 Å². The number of aromatic nitrogens is 6. The van der Waals surface area contributed by atoms with Crippen molar-refractivity contribution in [3.05, 3.63) is 71.3 Å². The number of carbonyl (C=O) groups is 1. The third-order valence-electron chi connectivity index (χ3n) is 3.60.